The molecule has 1 aromatic rings. The Morgan fingerprint density at radius 3 is 2.30 bits per heavy atom. The van der Waals surface area contributed by atoms with E-state index in [4.69, 9.17) is 14.2 Å². The van der Waals surface area contributed by atoms with Crippen LogP contribution in [0.1, 0.15) is 26.3 Å². The predicted molar refractivity (Wildman–Crippen MR) is 103 cm³/mol. The molecule has 0 unspecified atom stereocenters. The number of ether oxygens (including phenoxy) is 3. The number of rotatable bonds is 6. The summed E-state index contributed by atoms with van der Waals surface area (Å²) in [5.74, 6) is -0.824. The van der Waals surface area contributed by atoms with Crippen molar-refractivity contribution in [2.75, 3.05) is 6.61 Å². The molecule has 0 radical (unpaired) electrons. The highest BCUT2D eigenvalue weighted by molar-refractivity contribution is 5.81. The first-order valence-corrected chi connectivity index (χ1v) is 9.55. The van der Waals surface area contributed by atoms with Crippen molar-refractivity contribution in [3.8, 4) is 0 Å². The van der Waals surface area contributed by atoms with Gasteiger partial charge in [-0.1, -0.05) is 30.3 Å². The van der Waals surface area contributed by atoms with Gasteiger partial charge in [0.25, 0.3) is 0 Å². The molecule has 1 aromatic carbocycles. The molecule has 1 heterocycles. The number of esters is 1. The molecule has 0 spiro atoms. The van der Waals surface area contributed by atoms with Crippen LogP contribution in [0.4, 0.5) is 4.79 Å². The van der Waals surface area contributed by atoms with Gasteiger partial charge in [0.15, 0.2) is 6.29 Å². The smallest absolute Gasteiger partial charge is 0.408 e. The van der Waals surface area contributed by atoms with Gasteiger partial charge in [-0.05, 0) is 26.3 Å². The van der Waals surface area contributed by atoms with E-state index < -0.39 is 61.0 Å². The number of carbonyl (C=O) groups excluding carboxylic acids is 2. The quantitative estimate of drug-likeness (QED) is 0.377. The third-order valence-electron chi connectivity index (χ3n) is 4.34. The van der Waals surface area contributed by atoms with E-state index in [1.54, 1.807) is 45.0 Å². The van der Waals surface area contributed by atoms with Gasteiger partial charge in [-0.15, -0.1) is 0 Å². The van der Waals surface area contributed by atoms with Crippen LogP contribution in [0.25, 0.3) is 0 Å². The first-order chi connectivity index (χ1) is 14.0. The molecule has 6 atom stereocenters. The zero-order chi connectivity index (χ0) is 22.5. The fraction of sp³-hybridized carbons (Fsp3) is 0.600. The second-order valence-corrected chi connectivity index (χ2v) is 8.06. The average molecular weight is 427 g/mol. The molecular weight excluding hydrogens is 398 g/mol. The van der Waals surface area contributed by atoms with E-state index >= 15 is 0 Å². The molecule has 0 saturated carbocycles. The highest BCUT2D eigenvalue weighted by Gasteiger charge is 2.43. The largest absolute Gasteiger partial charge is 0.461 e. The summed E-state index contributed by atoms with van der Waals surface area (Å²) in [6.45, 7) is 4.54. The van der Waals surface area contributed by atoms with Crippen LogP contribution in [0.5, 0.6) is 0 Å². The fourth-order valence-electron chi connectivity index (χ4n) is 2.83. The summed E-state index contributed by atoms with van der Waals surface area (Å²) in [6, 6.07) is 7.84. The van der Waals surface area contributed by atoms with Crippen LogP contribution in [-0.2, 0) is 25.4 Å². The molecule has 10 heteroatoms. The van der Waals surface area contributed by atoms with Crippen LogP contribution in [0.3, 0.4) is 0 Å². The number of benzene rings is 1. The van der Waals surface area contributed by atoms with E-state index in [0.29, 0.717) is 0 Å². The van der Waals surface area contributed by atoms with Crippen molar-refractivity contribution in [1.82, 2.24) is 5.32 Å². The molecule has 1 aliphatic rings. The Kier molecular flexibility index (Phi) is 8.16. The molecule has 1 aliphatic heterocycles. The van der Waals surface area contributed by atoms with Crippen LogP contribution in [-0.4, -0.2) is 81.4 Å². The summed E-state index contributed by atoms with van der Waals surface area (Å²) in [7, 11) is 0. The SMILES string of the molecule is CC(C)(C)OC(=O)N[C@H](Cc1ccccc1)C(=O)OC[C@H]1O[C@H](O)[C@@H](O)[C@@H](O)[C@@H]1O. The van der Waals surface area contributed by atoms with Crippen molar-refractivity contribution in [3.63, 3.8) is 0 Å². The van der Waals surface area contributed by atoms with Crippen molar-refractivity contribution in [2.24, 2.45) is 0 Å². The van der Waals surface area contributed by atoms with Crippen LogP contribution in [0.15, 0.2) is 30.3 Å². The van der Waals surface area contributed by atoms with Crippen LogP contribution in [0, 0.1) is 0 Å². The number of aliphatic hydroxyl groups excluding tert-OH is 4. The minimum atomic E-state index is -1.74. The Morgan fingerprint density at radius 1 is 1.07 bits per heavy atom. The van der Waals surface area contributed by atoms with Crippen LogP contribution >= 0.6 is 0 Å². The second-order valence-electron chi connectivity index (χ2n) is 8.06. The van der Waals surface area contributed by atoms with Crippen molar-refractivity contribution in [2.45, 2.75) is 69.5 Å². The van der Waals surface area contributed by atoms with E-state index in [1.807, 2.05) is 6.07 Å². The van der Waals surface area contributed by atoms with Gasteiger partial charge in [0.2, 0.25) is 0 Å². The summed E-state index contributed by atoms with van der Waals surface area (Å²) < 4.78 is 15.3. The van der Waals surface area contributed by atoms with Gasteiger partial charge in [-0.25, -0.2) is 9.59 Å². The lowest BCUT2D eigenvalue weighted by Gasteiger charge is -2.38. The Bertz CT molecular complexity index is 706. The highest BCUT2D eigenvalue weighted by atomic mass is 16.7. The van der Waals surface area contributed by atoms with Gasteiger partial charge in [0, 0.05) is 6.42 Å². The maximum Gasteiger partial charge on any atom is 0.408 e. The molecule has 1 saturated heterocycles. The van der Waals surface area contributed by atoms with E-state index in [2.05, 4.69) is 5.32 Å². The zero-order valence-corrected chi connectivity index (χ0v) is 17.1. The number of hydrogen-bond acceptors (Lipinski definition) is 9. The van der Waals surface area contributed by atoms with E-state index in [0.717, 1.165) is 5.56 Å². The standard InChI is InChI=1S/C20H29NO9/c1-20(2,3)30-19(27)21-12(9-11-7-5-4-6-8-11)17(25)28-10-13-14(22)15(23)16(24)18(26)29-13/h4-8,12-16,18,22-24,26H,9-10H2,1-3H3,(H,21,27)/t12-,13-,14-,15+,16+,18+/m1/s1. The van der Waals surface area contributed by atoms with Gasteiger partial charge >= 0.3 is 12.1 Å². The first kappa shape index (κ1) is 24.0. The summed E-state index contributed by atoms with van der Waals surface area (Å²) in [5.41, 5.74) is -0.00300. The van der Waals surface area contributed by atoms with Gasteiger partial charge < -0.3 is 40.0 Å². The number of amides is 1. The van der Waals surface area contributed by atoms with Crippen molar-refractivity contribution >= 4 is 12.1 Å². The lowest BCUT2D eigenvalue weighted by Crippen LogP contribution is -2.59. The lowest BCUT2D eigenvalue weighted by molar-refractivity contribution is -0.287. The van der Waals surface area contributed by atoms with Gasteiger partial charge in [0.05, 0.1) is 0 Å². The number of alkyl carbamates (subject to hydrolysis) is 1. The minimum Gasteiger partial charge on any atom is -0.461 e. The average Bonchev–Trinajstić information content (AvgIpc) is 2.66. The van der Waals surface area contributed by atoms with E-state index in [9.17, 15) is 30.0 Å². The third-order valence-corrected chi connectivity index (χ3v) is 4.34. The molecule has 1 fully saturated rings. The Balaban J connectivity index is 2.03. The molecule has 5 N–H and O–H groups in total. The molecule has 0 bridgehead atoms. The zero-order valence-electron chi connectivity index (χ0n) is 17.1. The fourth-order valence-corrected chi connectivity index (χ4v) is 2.83. The number of hydrogen-bond donors (Lipinski definition) is 5. The molecular formula is C20H29NO9. The molecule has 30 heavy (non-hydrogen) atoms. The number of carbonyl (C=O) groups is 2. The van der Waals surface area contributed by atoms with Crippen molar-refractivity contribution in [1.29, 1.82) is 0 Å². The highest BCUT2D eigenvalue weighted by Crippen LogP contribution is 2.20. The second kappa shape index (κ2) is 10.2. The molecule has 168 valence electrons. The molecule has 2 rings (SSSR count). The third kappa shape index (κ3) is 6.92. The minimum absolute atomic E-state index is 0.122. The van der Waals surface area contributed by atoms with Crippen molar-refractivity contribution in [3.05, 3.63) is 35.9 Å². The van der Waals surface area contributed by atoms with E-state index in [1.165, 1.54) is 0 Å². The summed E-state index contributed by atoms with van der Waals surface area (Å²) in [4.78, 5) is 24.8. The number of aliphatic hydroxyl groups is 4. The molecule has 1 amide bonds. The monoisotopic (exact) mass is 427 g/mol. The normalized spacial score (nSPS) is 27.8. The van der Waals surface area contributed by atoms with Crippen molar-refractivity contribution < 1.29 is 44.2 Å². The van der Waals surface area contributed by atoms with Crippen LogP contribution < -0.4 is 5.32 Å². The Labute approximate surface area is 174 Å². The lowest BCUT2D eigenvalue weighted by atomic mass is 9.99. The number of nitrogens with one attached hydrogen (secondary N) is 1. The summed E-state index contributed by atoms with van der Waals surface area (Å²) >= 11 is 0. The predicted octanol–water partition coefficient (Wildman–Crippen LogP) is -0.534. The maximum atomic E-state index is 12.6. The van der Waals surface area contributed by atoms with Gasteiger partial charge in [0.1, 0.15) is 42.7 Å². The topological polar surface area (TPSA) is 155 Å². The maximum absolute atomic E-state index is 12.6. The first-order valence-electron chi connectivity index (χ1n) is 9.55. The van der Waals surface area contributed by atoms with Crippen LogP contribution in [0.2, 0.25) is 0 Å². The van der Waals surface area contributed by atoms with Gasteiger partial charge in [-0.3, -0.25) is 0 Å². The summed E-state index contributed by atoms with van der Waals surface area (Å²) in [5, 5.41) is 41.2. The molecule has 0 aliphatic carbocycles. The van der Waals surface area contributed by atoms with Gasteiger partial charge in [-0.2, -0.15) is 0 Å². The van der Waals surface area contributed by atoms with E-state index in [-0.39, 0.29) is 6.42 Å². The summed E-state index contributed by atoms with van der Waals surface area (Å²) in [6.07, 6.45) is -8.62. The molecule has 0 aromatic heterocycles. The Morgan fingerprint density at radius 2 is 1.70 bits per heavy atom. The Hall–Kier alpha value is -2.24. The molecule has 10 nitrogen and oxygen atoms in total.